The summed E-state index contributed by atoms with van der Waals surface area (Å²) in [6.45, 7) is 0. The molecule has 1 aliphatic rings. The molecule has 1 aromatic carbocycles. The Morgan fingerprint density at radius 2 is 1.70 bits per heavy atom. The number of anilines is 2. The van der Waals surface area contributed by atoms with Gasteiger partial charge in [0.05, 0.1) is 27.4 Å². The first-order valence-electron chi connectivity index (χ1n) is 8.14. The van der Waals surface area contributed by atoms with E-state index in [2.05, 4.69) is 20.9 Å². The Kier molecular flexibility index (Phi) is 5.62. The first kappa shape index (κ1) is 19.1. The zero-order valence-corrected chi connectivity index (χ0v) is 15.8. The molecule has 1 heterocycles. The largest absolute Gasteiger partial charge is 0.359 e. The summed E-state index contributed by atoms with van der Waals surface area (Å²) >= 11 is 12.1. The lowest BCUT2D eigenvalue weighted by atomic mass is 10.2. The summed E-state index contributed by atoms with van der Waals surface area (Å²) in [4.78, 5) is 40.2. The molecule has 1 fully saturated rings. The number of hydrogen-bond acceptors (Lipinski definition) is 4. The van der Waals surface area contributed by atoms with Crippen LogP contribution in [0.25, 0.3) is 0 Å². The van der Waals surface area contributed by atoms with Gasteiger partial charge < -0.3 is 16.0 Å². The van der Waals surface area contributed by atoms with Crippen molar-refractivity contribution in [2.75, 3.05) is 17.7 Å². The number of halogens is 2. The van der Waals surface area contributed by atoms with Crippen molar-refractivity contribution < 1.29 is 14.4 Å². The number of nitrogens with one attached hydrogen (secondary N) is 3. The number of rotatable bonds is 5. The number of carbonyl (C=O) groups excluding carboxylic acids is 3. The van der Waals surface area contributed by atoms with Gasteiger partial charge in [0.2, 0.25) is 11.8 Å². The van der Waals surface area contributed by atoms with Gasteiger partial charge in [0, 0.05) is 25.0 Å². The maximum atomic E-state index is 12.4. The Morgan fingerprint density at radius 1 is 1.04 bits per heavy atom. The van der Waals surface area contributed by atoms with Crippen LogP contribution < -0.4 is 16.0 Å². The molecule has 2 atom stereocenters. The Balaban J connectivity index is 1.67. The summed E-state index contributed by atoms with van der Waals surface area (Å²) < 4.78 is 0. The molecule has 0 spiro atoms. The lowest BCUT2D eigenvalue weighted by molar-refractivity contribution is -0.124. The maximum absolute atomic E-state index is 12.4. The lowest BCUT2D eigenvalue weighted by Gasteiger charge is -2.10. The second kappa shape index (κ2) is 7.94. The fourth-order valence-corrected chi connectivity index (χ4v) is 3.23. The summed E-state index contributed by atoms with van der Waals surface area (Å²) in [5.74, 6) is -1.32. The van der Waals surface area contributed by atoms with Crippen molar-refractivity contribution in [2.45, 2.75) is 6.42 Å². The summed E-state index contributed by atoms with van der Waals surface area (Å²) in [5, 5.41) is 8.32. The number of carbonyl (C=O) groups is 3. The van der Waals surface area contributed by atoms with Gasteiger partial charge >= 0.3 is 0 Å². The van der Waals surface area contributed by atoms with E-state index >= 15 is 0 Å². The molecule has 2 unspecified atom stereocenters. The molecule has 1 aromatic heterocycles. The number of nitrogens with zero attached hydrogens (tertiary/aromatic N) is 1. The van der Waals surface area contributed by atoms with Gasteiger partial charge in [0.25, 0.3) is 5.91 Å². The maximum Gasteiger partial charge on any atom is 0.258 e. The molecule has 3 N–H and O–H groups in total. The van der Waals surface area contributed by atoms with E-state index in [4.69, 9.17) is 23.2 Å². The van der Waals surface area contributed by atoms with Gasteiger partial charge in [-0.1, -0.05) is 29.3 Å². The highest BCUT2D eigenvalue weighted by atomic mass is 35.5. The lowest BCUT2D eigenvalue weighted by Crippen LogP contribution is -2.24. The van der Waals surface area contributed by atoms with Crippen molar-refractivity contribution in [3.63, 3.8) is 0 Å². The SMILES string of the molecule is CNC(=O)C1CC1C(=O)Nc1cc(NC(=O)c2c(Cl)cccc2Cl)ccn1. The van der Waals surface area contributed by atoms with Crippen molar-refractivity contribution in [2.24, 2.45) is 11.8 Å². The zero-order valence-electron chi connectivity index (χ0n) is 14.3. The molecule has 0 aliphatic heterocycles. The quantitative estimate of drug-likeness (QED) is 0.710. The molecule has 7 nitrogen and oxygen atoms in total. The van der Waals surface area contributed by atoms with Crippen LogP contribution >= 0.6 is 23.2 Å². The topological polar surface area (TPSA) is 100 Å². The molecule has 2 aromatic rings. The second-order valence-corrected chi connectivity index (χ2v) is 6.85. The van der Waals surface area contributed by atoms with E-state index in [1.165, 1.54) is 19.3 Å². The van der Waals surface area contributed by atoms with Crippen LogP contribution in [0, 0.1) is 11.8 Å². The minimum Gasteiger partial charge on any atom is -0.359 e. The van der Waals surface area contributed by atoms with Crippen molar-refractivity contribution in [3.05, 3.63) is 52.1 Å². The van der Waals surface area contributed by atoms with Gasteiger partial charge in [0.1, 0.15) is 5.82 Å². The van der Waals surface area contributed by atoms with Gasteiger partial charge in [-0.3, -0.25) is 14.4 Å². The first-order chi connectivity index (χ1) is 12.9. The number of amides is 3. The number of hydrogen-bond donors (Lipinski definition) is 3. The van der Waals surface area contributed by atoms with Gasteiger partial charge in [0.15, 0.2) is 0 Å². The van der Waals surface area contributed by atoms with Crippen LogP contribution in [0.1, 0.15) is 16.8 Å². The number of aromatic nitrogens is 1. The highest BCUT2D eigenvalue weighted by molar-refractivity contribution is 6.40. The molecule has 140 valence electrons. The molecule has 0 bridgehead atoms. The van der Waals surface area contributed by atoms with Crippen LogP contribution in [-0.2, 0) is 9.59 Å². The molecular formula is C18H16Cl2N4O3. The first-order valence-corrected chi connectivity index (χ1v) is 8.90. The van der Waals surface area contributed by atoms with Gasteiger partial charge in [-0.25, -0.2) is 4.98 Å². The van der Waals surface area contributed by atoms with Crippen molar-refractivity contribution in [3.8, 4) is 0 Å². The minimum absolute atomic E-state index is 0.152. The van der Waals surface area contributed by atoms with Crippen LogP contribution in [0.5, 0.6) is 0 Å². The van der Waals surface area contributed by atoms with Crippen LogP contribution in [0.3, 0.4) is 0 Å². The minimum atomic E-state index is -0.476. The van der Waals surface area contributed by atoms with Crippen molar-refractivity contribution >= 4 is 52.4 Å². The molecule has 0 saturated heterocycles. The third-order valence-corrected chi connectivity index (χ3v) is 4.80. The zero-order chi connectivity index (χ0) is 19.6. The molecule has 3 amide bonds. The van der Waals surface area contributed by atoms with E-state index in [1.807, 2.05) is 0 Å². The summed E-state index contributed by atoms with van der Waals surface area (Å²) in [5.41, 5.74) is 0.578. The fourth-order valence-electron chi connectivity index (χ4n) is 2.66. The molecule has 27 heavy (non-hydrogen) atoms. The Labute approximate surface area is 165 Å². The fraction of sp³-hybridized carbons (Fsp3) is 0.222. The van der Waals surface area contributed by atoms with Crippen LogP contribution in [0.4, 0.5) is 11.5 Å². The molecule has 1 saturated carbocycles. The van der Waals surface area contributed by atoms with E-state index in [1.54, 1.807) is 24.3 Å². The summed E-state index contributed by atoms with van der Waals surface area (Å²) in [6, 6.07) is 7.87. The normalized spacial score (nSPS) is 17.7. The number of pyridine rings is 1. The van der Waals surface area contributed by atoms with Crippen LogP contribution in [0.2, 0.25) is 10.0 Å². The predicted molar refractivity (Wildman–Crippen MR) is 103 cm³/mol. The predicted octanol–water partition coefficient (Wildman–Crippen LogP) is 2.96. The molecular weight excluding hydrogens is 391 g/mol. The summed E-state index contributed by atoms with van der Waals surface area (Å²) in [6.07, 6.45) is 1.95. The smallest absolute Gasteiger partial charge is 0.258 e. The molecule has 3 rings (SSSR count). The average Bonchev–Trinajstić information content (AvgIpc) is 3.42. The molecule has 0 radical (unpaired) electrons. The molecule has 9 heteroatoms. The third kappa shape index (κ3) is 4.37. The van der Waals surface area contributed by atoms with E-state index in [0.29, 0.717) is 12.1 Å². The van der Waals surface area contributed by atoms with Crippen molar-refractivity contribution in [1.29, 1.82) is 0 Å². The number of benzene rings is 1. The Hall–Kier alpha value is -2.64. The van der Waals surface area contributed by atoms with Crippen LogP contribution in [0.15, 0.2) is 36.5 Å². The highest BCUT2D eigenvalue weighted by Crippen LogP contribution is 2.39. The highest BCUT2D eigenvalue weighted by Gasteiger charge is 2.47. The Morgan fingerprint density at radius 3 is 2.37 bits per heavy atom. The van der Waals surface area contributed by atoms with Crippen LogP contribution in [-0.4, -0.2) is 29.8 Å². The third-order valence-electron chi connectivity index (χ3n) is 4.17. The molecule has 1 aliphatic carbocycles. The Bertz CT molecular complexity index is 899. The van der Waals surface area contributed by atoms with Gasteiger partial charge in [-0.05, 0) is 24.6 Å². The average molecular weight is 407 g/mol. The summed E-state index contributed by atoms with van der Waals surface area (Å²) in [7, 11) is 1.54. The van der Waals surface area contributed by atoms with E-state index < -0.39 is 5.91 Å². The monoisotopic (exact) mass is 406 g/mol. The van der Waals surface area contributed by atoms with E-state index in [0.717, 1.165) is 0 Å². The van der Waals surface area contributed by atoms with E-state index in [-0.39, 0.29) is 45.1 Å². The van der Waals surface area contributed by atoms with Crippen molar-refractivity contribution in [1.82, 2.24) is 10.3 Å². The van der Waals surface area contributed by atoms with E-state index in [9.17, 15) is 14.4 Å². The standard InChI is InChI=1S/C18H16Cl2N4O3/c1-21-16(25)10-8-11(10)17(26)24-14-7-9(5-6-22-14)23-18(27)15-12(19)3-2-4-13(15)20/h2-7,10-11H,8H2,1H3,(H,21,25)(H2,22,23,24,26,27). The second-order valence-electron chi connectivity index (χ2n) is 6.03. The van der Waals surface area contributed by atoms with Gasteiger partial charge in [-0.2, -0.15) is 0 Å². The van der Waals surface area contributed by atoms with Gasteiger partial charge in [-0.15, -0.1) is 0 Å².